The molecule has 1 unspecified atom stereocenters. The summed E-state index contributed by atoms with van der Waals surface area (Å²) in [5.41, 5.74) is 0. The molecule has 0 saturated heterocycles. The first kappa shape index (κ1) is 11.8. The second kappa shape index (κ2) is 5.07. The fourth-order valence-corrected chi connectivity index (χ4v) is 2.24. The predicted octanol–water partition coefficient (Wildman–Crippen LogP) is 0.859. The lowest BCUT2D eigenvalue weighted by Gasteiger charge is -2.18. The van der Waals surface area contributed by atoms with Crippen molar-refractivity contribution in [3.05, 3.63) is 5.82 Å². The number of aromatic nitrogens is 2. The van der Waals surface area contributed by atoms with Gasteiger partial charge in [0.1, 0.15) is 5.82 Å². The third-order valence-electron chi connectivity index (χ3n) is 2.54. The van der Waals surface area contributed by atoms with Crippen LogP contribution in [0.2, 0.25) is 0 Å². The van der Waals surface area contributed by atoms with E-state index in [0.29, 0.717) is 19.1 Å². The number of hydrogen-bond acceptors (Lipinski definition) is 6. The van der Waals surface area contributed by atoms with Crippen LogP contribution >= 0.6 is 11.5 Å². The molecule has 1 fully saturated rings. The summed E-state index contributed by atoms with van der Waals surface area (Å²) >= 11 is 1.40. The Kier molecular flexibility index (Phi) is 3.73. The van der Waals surface area contributed by atoms with Crippen LogP contribution in [0.15, 0.2) is 0 Å². The van der Waals surface area contributed by atoms with E-state index >= 15 is 0 Å². The summed E-state index contributed by atoms with van der Waals surface area (Å²) < 4.78 is 9.21. The van der Waals surface area contributed by atoms with E-state index in [1.165, 1.54) is 24.4 Å². The molecule has 1 aromatic heterocycles. The van der Waals surface area contributed by atoms with E-state index in [1.807, 2.05) is 11.9 Å². The van der Waals surface area contributed by atoms with Gasteiger partial charge in [0.05, 0.1) is 12.7 Å². The third kappa shape index (κ3) is 2.90. The maximum Gasteiger partial charge on any atom is 0.205 e. The molecule has 0 spiro atoms. The molecule has 2 rings (SSSR count). The van der Waals surface area contributed by atoms with E-state index in [-0.39, 0.29) is 0 Å². The summed E-state index contributed by atoms with van der Waals surface area (Å²) in [5.74, 6) is 1.55. The van der Waals surface area contributed by atoms with Gasteiger partial charge in [-0.15, -0.1) is 0 Å². The van der Waals surface area contributed by atoms with Crippen LogP contribution in [0.25, 0.3) is 0 Å². The van der Waals surface area contributed by atoms with Gasteiger partial charge in [-0.3, -0.25) is 0 Å². The molecule has 16 heavy (non-hydrogen) atoms. The maximum atomic E-state index is 9.60. The van der Waals surface area contributed by atoms with Crippen molar-refractivity contribution in [3.8, 4) is 0 Å². The monoisotopic (exact) mass is 243 g/mol. The van der Waals surface area contributed by atoms with Crippen molar-refractivity contribution >= 4 is 16.7 Å². The first-order valence-corrected chi connectivity index (χ1v) is 6.19. The van der Waals surface area contributed by atoms with E-state index in [4.69, 9.17) is 4.74 Å². The van der Waals surface area contributed by atoms with Crippen LogP contribution in [0.1, 0.15) is 24.6 Å². The van der Waals surface area contributed by atoms with Crippen molar-refractivity contribution in [2.45, 2.75) is 24.9 Å². The number of nitrogens with zero attached hydrogens (tertiary/aromatic N) is 3. The number of anilines is 1. The van der Waals surface area contributed by atoms with Crippen molar-refractivity contribution in [1.29, 1.82) is 0 Å². The molecule has 1 N–H and O–H groups in total. The summed E-state index contributed by atoms with van der Waals surface area (Å²) in [5, 5.41) is 10.5. The molecule has 0 bridgehead atoms. The van der Waals surface area contributed by atoms with Crippen LogP contribution in [-0.2, 0) is 4.74 Å². The Morgan fingerprint density at radius 1 is 1.62 bits per heavy atom. The molecule has 1 aliphatic carbocycles. The fraction of sp³-hybridized carbons (Fsp3) is 0.800. The molecule has 0 amide bonds. The number of methoxy groups -OCH3 is 1. The van der Waals surface area contributed by atoms with Crippen molar-refractivity contribution in [2.24, 2.45) is 0 Å². The number of aliphatic hydroxyl groups is 1. The lowest BCUT2D eigenvalue weighted by molar-refractivity contribution is 0.0695. The largest absolute Gasteiger partial charge is 0.389 e. The second-order valence-corrected chi connectivity index (χ2v) is 4.93. The average Bonchev–Trinajstić information content (AvgIpc) is 2.96. The van der Waals surface area contributed by atoms with E-state index in [1.54, 1.807) is 7.11 Å². The highest BCUT2D eigenvalue weighted by atomic mass is 32.1. The molecule has 5 nitrogen and oxygen atoms in total. The van der Waals surface area contributed by atoms with Gasteiger partial charge in [-0.25, -0.2) is 4.98 Å². The molecular weight excluding hydrogens is 226 g/mol. The van der Waals surface area contributed by atoms with Crippen molar-refractivity contribution in [1.82, 2.24) is 9.36 Å². The van der Waals surface area contributed by atoms with Crippen molar-refractivity contribution in [3.63, 3.8) is 0 Å². The highest BCUT2D eigenvalue weighted by Gasteiger charge is 2.28. The first-order valence-electron chi connectivity index (χ1n) is 5.42. The number of aliphatic hydroxyl groups excluding tert-OH is 1. The van der Waals surface area contributed by atoms with Gasteiger partial charge < -0.3 is 14.7 Å². The zero-order valence-electron chi connectivity index (χ0n) is 9.59. The smallest absolute Gasteiger partial charge is 0.205 e. The quantitative estimate of drug-likeness (QED) is 0.803. The lowest BCUT2D eigenvalue weighted by atomic mass is 10.3. The number of likely N-dealkylation sites (N-methyl/N-ethyl adjacent to an activating group) is 1. The van der Waals surface area contributed by atoms with E-state index in [2.05, 4.69) is 9.36 Å². The molecule has 0 aliphatic heterocycles. The van der Waals surface area contributed by atoms with Crippen molar-refractivity contribution < 1.29 is 9.84 Å². The third-order valence-corrected chi connectivity index (χ3v) is 3.39. The highest BCUT2D eigenvalue weighted by molar-refractivity contribution is 7.09. The van der Waals surface area contributed by atoms with Gasteiger partial charge in [-0.05, 0) is 12.8 Å². The molecule has 1 aromatic rings. The highest BCUT2D eigenvalue weighted by Crippen LogP contribution is 2.39. The molecule has 1 saturated carbocycles. The minimum atomic E-state index is -0.483. The van der Waals surface area contributed by atoms with Crippen LogP contribution in [-0.4, -0.2) is 47.9 Å². The lowest BCUT2D eigenvalue weighted by Crippen LogP contribution is -2.31. The standard InChI is InChI=1S/C10H17N3O2S/c1-13(5-8(14)6-15-2)10-11-9(12-16-10)7-3-4-7/h7-8,14H,3-6H2,1-2H3. The Labute approximate surface area is 99.2 Å². The van der Waals surface area contributed by atoms with Crippen LogP contribution in [0.5, 0.6) is 0 Å². The normalized spacial score (nSPS) is 17.4. The molecule has 6 heteroatoms. The van der Waals surface area contributed by atoms with Crippen LogP contribution in [0.4, 0.5) is 5.13 Å². The fourth-order valence-electron chi connectivity index (χ4n) is 1.53. The van der Waals surface area contributed by atoms with E-state index in [9.17, 15) is 5.11 Å². The molecule has 1 heterocycles. The predicted molar refractivity (Wildman–Crippen MR) is 63.0 cm³/mol. The second-order valence-electron chi connectivity index (χ2n) is 4.20. The average molecular weight is 243 g/mol. The van der Waals surface area contributed by atoms with Crippen LogP contribution in [0, 0.1) is 0 Å². The molecule has 1 aliphatic rings. The Bertz CT molecular complexity index is 341. The van der Waals surface area contributed by atoms with Gasteiger partial charge in [0.2, 0.25) is 5.13 Å². The van der Waals surface area contributed by atoms with Gasteiger partial charge in [-0.2, -0.15) is 4.37 Å². The Hall–Kier alpha value is -0.720. The first-order chi connectivity index (χ1) is 7.70. The summed E-state index contributed by atoms with van der Waals surface area (Å²) in [6.07, 6.45) is 1.95. The zero-order chi connectivity index (χ0) is 11.5. The minimum absolute atomic E-state index is 0.346. The Morgan fingerprint density at radius 3 is 3.00 bits per heavy atom. The number of ether oxygens (including phenoxy) is 1. The molecule has 0 radical (unpaired) electrons. The van der Waals surface area contributed by atoms with Crippen LogP contribution < -0.4 is 4.90 Å². The van der Waals surface area contributed by atoms with Crippen LogP contribution in [0.3, 0.4) is 0 Å². The van der Waals surface area contributed by atoms with Gasteiger partial charge in [-0.1, -0.05) is 0 Å². The number of rotatable bonds is 6. The SMILES string of the molecule is COCC(O)CN(C)c1nc(C2CC2)ns1. The maximum absolute atomic E-state index is 9.60. The van der Waals surface area contributed by atoms with E-state index in [0.717, 1.165) is 11.0 Å². The Morgan fingerprint density at radius 2 is 2.38 bits per heavy atom. The molecule has 0 aromatic carbocycles. The minimum Gasteiger partial charge on any atom is -0.389 e. The topological polar surface area (TPSA) is 58.5 Å². The van der Waals surface area contributed by atoms with Gasteiger partial charge in [0, 0.05) is 38.2 Å². The van der Waals surface area contributed by atoms with Gasteiger partial charge in [0.25, 0.3) is 0 Å². The van der Waals surface area contributed by atoms with Crippen molar-refractivity contribution in [2.75, 3.05) is 32.2 Å². The summed E-state index contributed by atoms with van der Waals surface area (Å²) in [7, 11) is 3.50. The van der Waals surface area contributed by atoms with Gasteiger partial charge >= 0.3 is 0 Å². The Balaban J connectivity index is 1.89. The summed E-state index contributed by atoms with van der Waals surface area (Å²) in [6, 6.07) is 0. The van der Waals surface area contributed by atoms with E-state index < -0.39 is 6.10 Å². The zero-order valence-corrected chi connectivity index (χ0v) is 10.4. The molecular formula is C10H17N3O2S. The summed E-state index contributed by atoms with van der Waals surface area (Å²) in [4.78, 5) is 6.39. The molecule has 1 atom stereocenters. The summed E-state index contributed by atoms with van der Waals surface area (Å²) in [6.45, 7) is 0.867. The van der Waals surface area contributed by atoms with Gasteiger partial charge in [0.15, 0.2) is 0 Å². The number of hydrogen-bond donors (Lipinski definition) is 1. The molecule has 90 valence electrons.